The Balaban J connectivity index is 1.82. The van der Waals surface area contributed by atoms with E-state index in [1.807, 2.05) is 0 Å². The zero-order valence-electron chi connectivity index (χ0n) is 9.60. The maximum atomic E-state index is 12.6. The normalized spacial score (nSPS) is 10.7. The van der Waals surface area contributed by atoms with E-state index >= 15 is 0 Å². The number of benzene rings is 1. The fourth-order valence-electron chi connectivity index (χ4n) is 1.41. The molecule has 2 aromatic rings. The first-order chi connectivity index (χ1) is 8.75. The van der Waals surface area contributed by atoms with Crippen molar-refractivity contribution in [2.45, 2.75) is 6.54 Å². The second-order valence-electron chi connectivity index (χ2n) is 3.68. The fourth-order valence-corrected chi connectivity index (χ4v) is 1.41. The molecule has 0 amide bonds. The van der Waals surface area contributed by atoms with Crippen LogP contribution in [0.15, 0.2) is 59.4 Å². The molecule has 0 aliphatic heterocycles. The Labute approximate surface area is 104 Å². The van der Waals surface area contributed by atoms with E-state index in [0.717, 1.165) is 5.56 Å². The summed E-state index contributed by atoms with van der Waals surface area (Å²) in [6.45, 7) is 0.530. The Morgan fingerprint density at radius 1 is 1.28 bits per heavy atom. The molecule has 1 aromatic carbocycles. The number of furan rings is 1. The van der Waals surface area contributed by atoms with Crippen LogP contribution in [0.5, 0.6) is 0 Å². The molecule has 1 N–H and O–H groups in total. The predicted molar refractivity (Wildman–Crippen MR) is 65.4 cm³/mol. The van der Waals surface area contributed by atoms with Gasteiger partial charge in [-0.25, -0.2) is 4.39 Å². The molecule has 0 bridgehead atoms. The minimum absolute atomic E-state index is 0.202. The van der Waals surface area contributed by atoms with Crippen LogP contribution in [0.1, 0.15) is 16.1 Å². The number of allylic oxidation sites excluding steroid dienone is 1. The zero-order valence-corrected chi connectivity index (χ0v) is 9.60. The van der Waals surface area contributed by atoms with Gasteiger partial charge in [0.05, 0.1) is 6.26 Å². The quantitative estimate of drug-likeness (QED) is 0.650. The number of carbonyl (C=O) groups excluding carboxylic acids is 1. The number of hydrogen-bond acceptors (Lipinski definition) is 3. The highest BCUT2D eigenvalue weighted by Gasteiger charge is 2.02. The molecule has 4 heteroatoms. The van der Waals surface area contributed by atoms with Crippen molar-refractivity contribution >= 4 is 5.78 Å². The van der Waals surface area contributed by atoms with Gasteiger partial charge in [-0.3, -0.25) is 4.79 Å². The second-order valence-corrected chi connectivity index (χ2v) is 3.68. The predicted octanol–water partition coefficient (Wildman–Crippen LogP) is 2.90. The van der Waals surface area contributed by atoms with Gasteiger partial charge in [-0.05, 0) is 29.8 Å². The molecule has 0 atom stereocenters. The van der Waals surface area contributed by atoms with Gasteiger partial charge >= 0.3 is 0 Å². The van der Waals surface area contributed by atoms with Crippen molar-refractivity contribution in [1.29, 1.82) is 0 Å². The summed E-state index contributed by atoms with van der Waals surface area (Å²) in [5.74, 6) is -0.163. The summed E-state index contributed by atoms with van der Waals surface area (Å²) < 4.78 is 17.6. The van der Waals surface area contributed by atoms with Gasteiger partial charge in [0.25, 0.3) is 0 Å². The summed E-state index contributed by atoms with van der Waals surface area (Å²) in [6.07, 6.45) is 4.39. The van der Waals surface area contributed by atoms with E-state index in [1.54, 1.807) is 30.5 Å². The van der Waals surface area contributed by atoms with Crippen molar-refractivity contribution in [2.75, 3.05) is 0 Å². The van der Waals surface area contributed by atoms with E-state index in [1.165, 1.54) is 24.5 Å². The van der Waals surface area contributed by atoms with Gasteiger partial charge in [-0.2, -0.15) is 0 Å². The largest absolute Gasteiger partial charge is 0.461 e. The molecule has 0 saturated carbocycles. The highest BCUT2D eigenvalue weighted by molar-refractivity contribution is 6.02. The fraction of sp³-hybridized carbons (Fsp3) is 0.0714. The first-order valence-electron chi connectivity index (χ1n) is 5.48. The van der Waals surface area contributed by atoms with Crippen LogP contribution in [-0.2, 0) is 6.54 Å². The van der Waals surface area contributed by atoms with Crippen LogP contribution in [0, 0.1) is 5.82 Å². The van der Waals surface area contributed by atoms with E-state index in [4.69, 9.17) is 4.42 Å². The summed E-state index contributed by atoms with van der Waals surface area (Å²) in [7, 11) is 0. The average molecular weight is 245 g/mol. The molecule has 0 unspecified atom stereocenters. The second kappa shape index (κ2) is 5.82. The van der Waals surface area contributed by atoms with Crippen LogP contribution in [-0.4, -0.2) is 5.78 Å². The van der Waals surface area contributed by atoms with E-state index in [0.29, 0.717) is 12.3 Å². The molecule has 92 valence electrons. The van der Waals surface area contributed by atoms with Crippen molar-refractivity contribution in [3.63, 3.8) is 0 Å². The van der Waals surface area contributed by atoms with E-state index in [9.17, 15) is 9.18 Å². The van der Waals surface area contributed by atoms with Crippen LogP contribution in [0.4, 0.5) is 4.39 Å². The lowest BCUT2D eigenvalue weighted by Gasteiger charge is -2.00. The molecule has 18 heavy (non-hydrogen) atoms. The SMILES string of the molecule is O=C(/C=C/NCc1ccc(F)cc1)c1ccco1. The summed E-state index contributed by atoms with van der Waals surface area (Å²) in [4.78, 5) is 11.5. The number of nitrogens with one attached hydrogen (secondary N) is 1. The molecule has 0 radical (unpaired) electrons. The van der Waals surface area contributed by atoms with E-state index in [2.05, 4.69) is 5.32 Å². The number of hydrogen-bond donors (Lipinski definition) is 1. The van der Waals surface area contributed by atoms with Crippen molar-refractivity contribution in [3.8, 4) is 0 Å². The third-order valence-electron chi connectivity index (χ3n) is 2.34. The highest BCUT2D eigenvalue weighted by atomic mass is 19.1. The molecule has 0 saturated heterocycles. The monoisotopic (exact) mass is 245 g/mol. The zero-order chi connectivity index (χ0) is 12.8. The molecule has 0 spiro atoms. The first kappa shape index (κ1) is 12.1. The Morgan fingerprint density at radius 2 is 2.06 bits per heavy atom. The van der Waals surface area contributed by atoms with Gasteiger partial charge in [-0.15, -0.1) is 0 Å². The highest BCUT2D eigenvalue weighted by Crippen LogP contribution is 2.03. The third-order valence-corrected chi connectivity index (χ3v) is 2.34. The molecule has 1 aromatic heterocycles. The van der Waals surface area contributed by atoms with Crippen LogP contribution < -0.4 is 5.32 Å². The summed E-state index contributed by atoms with van der Waals surface area (Å²) in [5.41, 5.74) is 0.937. The maximum absolute atomic E-state index is 12.6. The van der Waals surface area contributed by atoms with Crippen molar-refractivity contribution in [3.05, 3.63) is 72.1 Å². The van der Waals surface area contributed by atoms with Gasteiger partial charge in [0.2, 0.25) is 5.78 Å². The standard InChI is InChI=1S/C14H12FNO2/c15-12-5-3-11(4-6-12)10-16-8-7-13(17)14-2-1-9-18-14/h1-9,16H,10H2/b8-7+. The van der Waals surface area contributed by atoms with Crippen LogP contribution in [0.2, 0.25) is 0 Å². The Kier molecular flexibility index (Phi) is 3.91. The van der Waals surface area contributed by atoms with Crippen molar-refractivity contribution < 1.29 is 13.6 Å². The number of rotatable bonds is 5. The lowest BCUT2D eigenvalue weighted by Crippen LogP contribution is -2.05. The van der Waals surface area contributed by atoms with E-state index in [-0.39, 0.29) is 11.6 Å². The summed E-state index contributed by atoms with van der Waals surface area (Å²) in [6, 6.07) is 9.43. The molecule has 0 fully saturated rings. The molecule has 2 rings (SSSR count). The van der Waals surface area contributed by atoms with Crippen LogP contribution in [0.3, 0.4) is 0 Å². The lowest BCUT2D eigenvalue weighted by atomic mass is 10.2. The molecule has 1 heterocycles. The van der Waals surface area contributed by atoms with Crippen LogP contribution >= 0.6 is 0 Å². The molecule has 0 aliphatic carbocycles. The molecule has 0 aliphatic rings. The number of halogens is 1. The summed E-state index contributed by atoms with van der Waals surface area (Å²) in [5, 5.41) is 2.95. The Morgan fingerprint density at radius 3 is 2.72 bits per heavy atom. The van der Waals surface area contributed by atoms with Gasteiger partial charge in [0.15, 0.2) is 5.76 Å². The maximum Gasteiger partial charge on any atom is 0.222 e. The third kappa shape index (κ3) is 3.31. The Hall–Kier alpha value is -2.36. The summed E-state index contributed by atoms with van der Waals surface area (Å²) >= 11 is 0. The minimum atomic E-state index is -0.262. The number of carbonyl (C=O) groups is 1. The smallest absolute Gasteiger partial charge is 0.222 e. The minimum Gasteiger partial charge on any atom is -0.461 e. The molecular formula is C14H12FNO2. The van der Waals surface area contributed by atoms with Gasteiger partial charge in [0, 0.05) is 18.8 Å². The molecular weight excluding hydrogens is 233 g/mol. The van der Waals surface area contributed by atoms with Gasteiger partial charge < -0.3 is 9.73 Å². The van der Waals surface area contributed by atoms with Gasteiger partial charge in [-0.1, -0.05) is 12.1 Å². The van der Waals surface area contributed by atoms with Crippen molar-refractivity contribution in [1.82, 2.24) is 5.32 Å². The number of ketones is 1. The van der Waals surface area contributed by atoms with Gasteiger partial charge in [0.1, 0.15) is 5.82 Å². The molecule has 3 nitrogen and oxygen atoms in total. The Bertz CT molecular complexity index is 529. The lowest BCUT2D eigenvalue weighted by molar-refractivity contribution is 0.102. The van der Waals surface area contributed by atoms with E-state index < -0.39 is 0 Å². The first-order valence-corrected chi connectivity index (χ1v) is 5.48. The van der Waals surface area contributed by atoms with Crippen molar-refractivity contribution in [2.24, 2.45) is 0 Å². The average Bonchev–Trinajstić information content (AvgIpc) is 2.90. The topological polar surface area (TPSA) is 42.2 Å². The van der Waals surface area contributed by atoms with Crippen LogP contribution in [0.25, 0.3) is 0 Å².